The van der Waals surface area contributed by atoms with Crippen molar-refractivity contribution in [1.82, 2.24) is 4.90 Å². The van der Waals surface area contributed by atoms with E-state index < -0.39 is 17.7 Å². The summed E-state index contributed by atoms with van der Waals surface area (Å²) in [6.07, 6.45) is 0. The molecule has 0 aliphatic carbocycles. The zero-order chi connectivity index (χ0) is 21.7. The maximum atomic E-state index is 12.9. The van der Waals surface area contributed by atoms with E-state index in [1.807, 2.05) is 13.0 Å². The first-order chi connectivity index (χ1) is 14.5. The highest BCUT2D eigenvalue weighted by atomic mass is 16.5. The number of ketones is 1. The highest BCUT2D eigenvalue weighted by Gasteiger charge is 2.46. The molecule has 30 heavy (non-hydrogen) atoms. The molecule has 0 bridgehead atoms. The van der Waals surface area contributed by atoms with Crippen LogP contribution >= 0.6 is 0 Å². The highest BCUT2D eigenvalue weighted by Crippen LogP contribution is 2.41. The summed E-state index contributed by atoms with van der Waals surface area (Å²) in [5, 5.41) is 10.9. The number of Topliss-reactive ketones (excluding diaryl/α,β-unsaturated/α-hetero) is 1. The van der Waals surface area contributed by atoms with Crippen LogP contribution in [-0.4, -0.2) is 55.7 Å². The lowest BCUT2D eigenvalue weighted by atomic mass is 9.95. The number of rotatable bonds is 8. The Morgan fingerprint density at radius 2 is 1.80 bits per heavy atom. The maximum Gasteiger partial charge on any atom is 0.295 e. The van der Waals surface area contributed by atoms with Gasteiger partial charge < -0.3 is 24.2 Å². The van der Waals surface area contributed by atoms with Crippen molar-refractivity contribution in [2.24, 2.45) is 0 Å². The number of carbonyl (C=O) groups excluding carboxylic acids is 2. The minimum atomic E-state index is -0.773. The molecule has 1 atom stereocenters. The second-order valence-corrected chi connectivity index (χ2v) is 6.69. The number of methoxy groups -OCH3 is 2. The summed E-state index contributed by atoms with van der Waals surface area (Å²) in [5.41, 5.74) is 1.13. The van der Waals surface area contributed by atoms with Crippen LogP contribution in [0.3, 0.4) is 0 Å². The van der Waals surface area contributed by atoms with Gasteiger partial charge in [0.15, 0.2) is 11.5 Å². The summed E-state index contributed by atoms with van der Waals surface area (Å²) in [5.74, 6) is -0.589. The zero-order valence-corrected chi connectivity index (χ0v) is 17.3. The van der Waals surface area contributed by atoms with E-state index in [9.17, 15) is 14.7 Å². The molecule has 1 N–H and O–H groups in total. The molecule has 3 rings (SSSR count). The van der Waals surface area contributed by atoms with Gasteiger partial charge in [-0.25, -0.2) is 0 Å². The first kappa shape index (κ1) is 21.4. The lowest BCUT2D eigenvalue weighted by Gasteiger charge is -2.25. The van der Waals surface area contributed by atoms with Gasteiger partial charge in [0.1, 0.15) is 5.76 Å². The van der Waals surface area contributed by atoms with Gasteiger partial charge in [-0.1, -0.05) is 36.4 Å². The number of nitrogens with zero attached hydrogens (tertiary/aromatic N) is 1. The predicted octanol–water partition coefficient (Wildman–Crippen LogP) is 3.16. The van der Waals surface area contributed by atoms with E-state index in [2.05, 4.69) is 0 Å². The molecular weight excluding hydrogens is 386 g/mol. The van der Waals surface area contributed by atoms with E-state index in [1.165, 1.54) is 19.1 Å². The molecule has 7 heteroatoms. The molecular formula is C23H25NO6. The van der Waals surface area contributed by atoms with Crippen LogP contribution in [0.25, 0.3) is 5.76 Å². The first-order valence-corrected chi connectivity index (χ1v) is 9.67. The van der Waals surface area contributed by atoms with Crippen LogP contribution in [0.4, 0.5) is 0 Å². The van der Waals surface area contributed by atoms with Gasteiger partial charge in [0, 0.05) is 19.2 Å². The van der Waals surface area contributed by atoms with Gasteiger partial charge in [-0.2, -0.15) is 0 Å². The molecule has 1 fully saturated rings. The Bertz CT molecular complexity index is 953. The van der Waals surface area contributed by atoms with Crippen LogP contribution < -0.4 is 9.47 Å². The fourth-order valence-corrected chi connectivity index (χ4v) is 3.53. The average molecular weight is 411 g/mol. The van der Waals surface area contributed by atoms with Crippen molar-refractivity contribution >= 4 is 17.4 Å². The van der Waals surface area contributed by atoms with Gasteiger partial charge in [-0.3, -0.25) is 9.59 Å². The van der Waals surface area contributed by atoms with Crippen molar-refractivity contribution in [3.05, 3.63) is 65.2 Å². The number of aliphatic hydroxyl groups is 1. The quantitative estimate of drug-likeness (QED) is 0.408. The Balaban J connectivity index is 2.17. The number of likely N-dealkylation sites (tertiary alicyclic amines) is 1. The Kier molecular flexibility index (Phi) is 6.74. The fourth-order valence-electron chi connectivity index (χ4n) is 3.53. The minimum absolute atomic E-state index is 0.0370. The Hall–Kier alpha value is -3.32. The predicted molar refractivity (Wildman–Crippen MR) is 111 cm³/mol. The summed E-state index contributed by atoms with van der Waals surface area (Å²) < 4.78 is 16.1. The summed E-state index contributed by atoms with van der Waals surface area (Å²) in [7, 11) is 3.06. The largest absolute Gasteiger partial charge is 0.507 e. The Labute approximate surface area is 175 Å². The second-order valence-electron chi connectivity index (χ2n) is 6.69. The molecule has 158 valence electrons. The van der Waals surface area contributed by atoms with Crippen molar-refractivity contribution in [3.63, 3.8) is 0 Å². The smallest absolute Gasteiger partial charge is 0.295 e. The molecule has 1 saturated heterocycles. The lowest BCUT2D eigenvalue weighted by molar-refractivity contribution is -0.140. The van der Waals surface area contributed by atoms with E-state index in [1.54, 1.807) is 42.5 Å². The molecule has 1 amide bonds. The van der Waals surface area contributed by atoms with Gasteiger partial charge in [-0.05, 0) is 24.6 Å². The molecule has 0 radical (unpaired) electrons. The van der Waals surface area contributed by atoms with E-state index in [0.717, 1.165) is 0 Å². The number of amides is 1. The summed E-state index contributed by atoms with van der Waals surface area (Å²) in [4.78, 5) is 27.1. The number of carbonyl (C=O) groups is 2. The number of benzene rings is 2. The maximum absolute atomic E-state index is 12.9. The first-order valence-electron chi connectivity index (χ1n) is 9.67. The topological polar surface area (TPSA) is 85.3 Å². The highest BCUT2D eigenvalue weighted by molar-refractivity contribution is 6.46. The fraction of sp³-hybridized carbons (Fsp3) is 0.304. The number of hydrogen-bond acceptors (Lipinski definition) is 6. The standard InChI is InChI=1S/C23H25NO6/c1-4-30-18-14-16(10-11-17(18)29-3)20-19(21(25)15-8-6-5-7-9-15)22(26)23(27)24(20)12-13-28-2/h5-11,14,20,25H,4,12-13H2,1-3H3/b21-19-. The van der Waals surface area contributed by atoms with Gasteiger partial charge in [0.2, 0.25) is 0 Å². The van der Waals surface area contributed by atoms with Crippen molar-refractivity contribution in [2.45, 2.75) is 13.0 Å². The third kappa shape index (κ3) is 4.02. The van der Waals surface area contributed by atoms with Crippen molar-refractivity contribution in [2.75, 3.05) is 34.0 Å². The van der Waals surface area contributed by atoms with Crippen molar-refractivity contribution in [3.8, 4) is 11.5 Å². The molecule has 1 unspecified atom stereocenters. The summed E-state index contributed by atoms with van der Waals surface area (Å²) in [6, 6.07) is 13.1. The average Bonchev–Trinajstić information content (AvgIpc) is 3.02. The van der Waals surface area contributed by atoms with Gasteiger partial charge in [-0.15, -0.1) is 0 Å². The van der Waals surface area contributed by atoms with Crippen LogP contribution in [0.1, 0.15) is 24.1 Å². The molecule has 1 aliphatic heterocycles. The molecule has 7 nitrogen and oxygen atoms in total. The monoisotopic (exact) mass is 411 g/mol. The van der Waals surface area contributed by atoms with Crippen LogP contribution in [0.5, 0.6) is 11.5 Å². The van der Waals surface area contributed by atoms with E-state index in [-0.39, 0.29) is 24.5 Å². The molecule has 0 aromatic heterocycles. The SMILES string of the molecule is CCOc1cc(C2/C(=C(/O)c3ccccc3)C(=O)C(=O)N2CCOC)ccc1OC. The third-order valence-electron chi connectivity index (χ3n) is 4.93. The molecule has 0 saturated carbocycles. The van der Waals surface area contributed by atoms with Crippen molar-refractivity contribution in [1.29, 1.82) is 0 Å². The van der Waals surface area contributed by atoms with Gasteiger partial charge in [0.05, 0.1) is 31.9 Å². The summed E-state index contributed by atoms with van der Waals surface area (Å²) >= 11 is 0. The van der Waals surface area contributed by atoms with Crippen molar-refractivity contribution < 1.29 is 28.9 Å². The molecule has 1 aliphatic rings. The van der Waals surface area contributed by atoms with E-state index >= 15 is 0 Å². The number of hydrogen-bond donors (Lipinski definition) is 1. The van der Waals surface area contributed by atoms with Crippen LogP contribution in [0.2, 0.25) is 0 Å². The van der Waals surface area contributed by atoms with E-state index in [4.69, 9.17) is 14.2 Å². The van der Waals surface area contributed by atoms with Crippen LogP contribution in [0.15, 0.2) is 54.1 Å². The molecule has 1 heterocycles. The molecule has 2 aromatic carbocycles. The van der Waals surface area contributed by atoms with Crippen LogP contribution in [-0.2, 0) is 14.3 Å². The van der Waals surface area contributed by atoms with Gasteiger partial charge >= 0.3 is 0 Å². The second kappa shape index (κ2) is 9.45. The Morgan fingerprint density at radius 1 is 1.07 bits per heavy atom. The number of ether oxygens (including phenoxy) is 3. The molecule has 2 aromatic rings. The lowest BCUT2D eigenvalue weighted by Crippen LogP contribution is -2.32. The summed E-state index contributed by atoms with van der Waals surface area (Å²) in [6.45, 7) is 2.73. The molecule has 0 spiro atoms. The number of aliphatic hydroxyl groups excluding tert-OH is 1. The van der Waals surface area contributed by atoms with Crippen LogP contribution in [0, 0.1) is 0 Å². The third-order valence-corrected chi connectivity index (χ3v) is 4.93. The van der Waals surface area contributed by atoms with E-state index in [0.29, 0.717) is 29.2 Å². The minimum Gasteiger partial charge on any atom is -0.507 e. The normalized spacial score (nSPS) is 18.0. The Morgan fingerprint density at radius 3 is 2.43 bits per heavy atom. The zero-order valence-electron chi connectivity index (χ0n) is 17.3. The van der Waals surface area contributed by atoms with Gasteiger partial charge in [0.25, 0.3) is 11.7 Å².